The van der Waals surface area contributed by atoms with Crippen LogP contribution in [0.1, 0.15) is 61.1 Å². The van der Waals surface area contributed by atoms with Gasteiger partial charge in [0.15, 0.2) is 0 Å². The summed E-state index contributed by atoms with van der Waals surface area (Å²) in [7, 11) is 0. The van der Waals surface area contributed by atoms with Gasteiger partial charge in [0, 0.05) is 31.9 Å². The molecule has 3 aromatic rings. The Balaban J connectivity index is 1.36. The average Bonchev–Trinajstić information content (AvgIpc) is 3.14. The van der Waals surface area contributed by atoms with Crippen molar-refractivity contribution in [1.82, 2.24) is 19.9 Å². The van der Waals surface area contributed by atoms with Crippen LogP contribution in [0.5, 0.6) is 0 Å². The lowest BCUT2D eigenvalue weighted by molar-refractivity contribution is 0.0952. The van der Waals surface area contributed by atoms with Crippen LogP contribution < -0.4 is 5.32 Å². The molecule has 1 aromatic carbocycles. The highest BCUT2D eigenvalue weighted by Gasteiger charge is 2.16. The van der Waals surface area contributed by atoms with Crippen LogP contribution in [0.25, 0.3) is 11.0 Å². The Bertz CT molecular complexity index is 928. The lowest BCUT2D eigenvalue weighted by Gasteiger charge is -2.22. The van der Waals surface area contributed by atoms with Crippen molar-refractivity contribution in [2.24, 2.45) is 5.92 Å². The van der Waals surface area contributed by atoms with Crippen molar-refractivity contribution in [3.63, 3.8) is 0 Å². The number of hydrogen-bond acceptors (Lipinski definition) is 3. The van der Waals surface area contributed by atoms with E-state index in [9.17, 15) is 4.79 Å². The van der Waals surface area contributed by atoms with Crippen molar-refractivity contribution in [1.29, 1.82) is 0 Å². The molecule has 0 saturated heterocycles. The molecular formula is C24H30N4O. The van der Waals surface area contributed by atoms with E-state index in [0.29, 0.717) is 12.1 Å². The van der Waals surface area contributed by atoms with Crippen molar-refractivity contribution < 1.29 is 4.79 Å². The van der Waals surface area contributed by atoms with E-state index in [1.807, 2.05) is 0 Å². The second-order valence-corrected chi connectivity index (χ2v) is 8.06. The standard InChI is InChI=1S/C24H30N4O/c29-24(20-10-6-15-25-18-20)26-16-7-13-23-27-21-11-4-5-12-22(21)28(23)17-14-19-8-2-1-3-9-19/h4-6,10-12,15,18-19H,1-3,7-9,13-14,16-17H2,(H,26,29). The number of amides is 1. The third kappa shape index (κ3) is 5.03. The molecule has 1 saturated carbocycles. The molecule has 29 heavy (non-hydrogen) atoms. The lowest BCUT2D eigenvalue weighted by atomic mass is 9.87. The predicted octanol–water partition coefficient (Wildman–Crippen LogP) is 4.76. The minimum atomic E-state index is -0.0658. The van der Waals surface area contributed by atoms with Crippen molar-refractivity contribution >= 4 is 16.9 Å². The minimum Gasteiger partial charge on any atom is -0.352 e. The zero-order chi connectivity index (χ0) is 19.9. The predicted molar refractivity (Wildman–Crippen MR) is 116 cm³/mol. The summed E-state index contributed by atoms with van der Waals surface area (Å²) >= 11 is 0. The third-order valence-electron chi connectivity index (χ3n) is 6.01. The zero-order valence-electron chi connectivity index (χ0n) is 17.0. The second kappa shape index (κ2) is 9.68. The van der Waals surface area contributed by atoms with Crippen LogP contribution in [0.2, 0.25) is 0 Å². The Kier molecular flexibility index (Phi) is 6.55. The summed E-state index contributed by atoms with van der Waals surface area (Å²) in [5.74, 6) is 1.93. The smallest absolute Gasteiger partial charge is 0.252 e. The van der Waals surface area contributed by atoms with Crippen LogP contribution in [0.3, 0.4) is 0 Å². The average molecular weight is 391 g/mol. The maximum atomic E-state index is 12.2. The van der Waals surface area contributed by atoms with Gasteiger partial charge >= 0.3 is 0 Å². The molecule has 1 aliphatic carbocycles. The minimum absolute atomic E-state index is 0.0658. The topological polar surface area (TPSA) is 59.8 Å². The van der Waals surface area contributed by atoms with Crippen molar-refractivity contribution in [3.05, 3.63) is 60.2 Å². The van der Waals surface area contributed by atoms with Crippen LogP contribution in [0, 0.1) is 5.92 Å². The Labute approximate surface area is 172 Å². The van der Waals surface area contributed by atoms with Gasteiger partial charge in [-0.15, -0.1) is 0 Å². The highest BCUT2D eigenvalue weighted by Crippen LogP contribution is 2.28. The van der Waals surface area contributed by atoms with Crippen LogP contribution in [0.4, 0.5) is 0 Å². The van der Waals surface area contributed by atoms with Crippen LogP contribution in [-0.2, 0) is 13.0 Å². The largest absolute Gasteiger partial charge is 0.352 e. The van der Waals surface area contributed by atoms with Gasteiger partial charge in [0.1, 0.15) is 5.82 Å². The molecule has 0 atom stereocenters. The molecule has 152 valence electrons. The molecule has 0 bridgehead atoms. The van der Waals surface area contributed by atoms with Crippen LogP contribution in [0.15, 0.2) is 48.8 Å². The van der Waals surface area contributed by atoms with Gasteiger partial charge in [-0.3, -0.25) is 9.78 Å². The maximum absolute atomic E-state index is 12.2. The van der Waals surface area contributed by atoms with E-state index >= 15 is 0 Å². The van der Waals surface area contributed by atoms with E-state index in [1.165, 1.54) is 44.0 Å². The fraction of sp³-hybridized carbons (Fsp3) is 0.458. The first-order valence-electron chi connectivity index (χ1n) is 10.9. The lowest BCUT2D eigenvalue weighted by Crippen LogP contribution is -2.25. The number of aromatic nitrogens is 3. The first-order valence-corrected chi connectivity index (χ1v) is 10.9. The molecule has 2 heterocycles. The number of carbonyl (C=O) groups excluding carboxylic acids is 1. The van der Waals surface area contributed by atoms with Gasteiger partial charge < -0.3 is 9.88 Å². The maximum Gasteiger partial charge on any atom is 0.252 e. The zero-order valence-corrected chi connectivity index (χ0v) is 17.0. The number of aryl methyl sites for hydroxylation is 2. The van der Waals surface area contributed by atoms with Crippen LogP contribution >= 0.6 is 0 Å². The first-order chi connectivity index (χ1) is 14.3. The van der Waals surface area contributed by atoms with Gasteiger partial charge in [-0.25, -0.2) is 4.98 Å². The Morgan fingerprint density at radius 2 is 1.97 bits per heavy atom. The number of benzene rings is 1. The fourth-order valence-corrected chi connectivity index (χ4v) is 4.40. The molecule has 1 amide bonds. The third-order valence-corrected chi connectivity index (χ3v) is 6.01. The van der Waals surface area contributed by atoms with Crippen molar-refractivity contribution in [2.45, 2.75) is 57.9 Å². The molecule has 0 spiro atoms. The van der Waals surface area contributed by atoms with Gasteiger partial charge in [-0.2, -0.15) is 0 Å². The summed E-state index contributed by atoms with van der Waals surface area (Å²) in [6.45, 7) is 1.68. The first kappa shape index (κ1) is 19.6. The number of pyridine rings is 1. The molecule has 5 heteroatoms. The van der Waals surface area contributed by atoms with E-state index in [1.54, 1.807) is 24.5 Å². The number of fused-ring (bicyclic) bond motifs is 1. The molecule has 0 aliphatic heterocycles. The van der Waals surface area contributed by atoms with E-state index in [0.717, 1.165) is 36.6 Å². The summed E-state index contributed by atoms with van der Waals surface area (Å²) in [4.78, 5) is 21.1. The van der Waals surface area contributed by atoms with Gasteiger partial charge in [-0.05, 0) is 43.0 Å². The van der Waals surface area contributed by atoms with Gasteiger partial charge in [0.25, 0.3) is 5.91 Å². The Morgan fingerprint density at radius 3 is 2.79 bits per heavy atom. The monoisotopic (exact) mass is 390 g/mol. The summed E-state index contributed by atoms with van der Waals surface area (Å²) in [5.41, 5.74) is 2.91. The Morgan fingerprint density at radius 1 is 1.10 bits per heavy atom. The molecule has 1 N–H and O–H groups in total. The SMILES string of the molecule is O=C(NCCCc1nc2ccccc2n1CCC1CCCCC1)c1cccnc1. The summed E-state index contributed by atoms with van der Waals surface area (Å²) in [6.07, 6.45) is 13.2. The van der Waals surface area contributed by atoms with Gasteiger partial charge in [-0.1, -0.05) is 44.2 Å². The highest BCUT2D eigenvalue weighted by molar-refractivity contribution is 5.93. The molecule has 0 unspecified atom stereocenters. The molecule has 4 rings (SSSR count). The van der Waals surface area contributed by atoms with E-state index in [4.69, 9.17) is 4.98 Å². The van der Waals surface area contributed by atoms with E-state index in [-0.39, 0.29) is 5.91 Å². The molecule has 1 fully saturated rings. The molecule has 0 radical (unpaired) electrons. The second-order valence-electron chi connectivity index (χ2n) is 8.06. The molecule has 1 aliphatic rings. The number of para-hydroxylation sites is 2. The fourth-order valence-electron chi connectivity index (χ4n) is 4.40. The highest BCUT2D eigenvalue weighted by atomic mass is 16.1. The van der Waals surface area contributed by atoms with Crippen LogP contribution in [-0.4, -0.2) is 27.0 Å². The quantitative estimate of drug-likeness (QED) is 0.564. The number of imidazole rings is 1. The van der Waals surface area contributed by atoms with E-state index < -0.39 is 0 Å². The van der Waals surface area contributed by atoms with Gasteiger partial charge in [0.05, 0.1) is 16.6 Å². The molecule has 5 nitrogen and oxygen atoms in total. The Hall–Kier alpha value is -2.69. The number of rotatable bonds is 8. The van der Waals surface area contributed by atoms with E-state index in [2.05, 4.69) is 39.1 Å². The van der Waals surface area contributed by atoms with Crippen molar-refractivity contribution in [3.8, 4) is 0 Å². The summed E-state index contributed by atoms with van der Waals surface area (Å²) < 4.78 is 2.41. The molecule has 2 aromatic heterocycles. The molecular weight excluding hydrogens is 360 g/mol. The van der Waals surface area contributed by atoms with Crippen molar-refractivity contribution in [2.75, 3.05) is 6.54 Å². The van der Waals surface area contributed by atoms with Gasteiger partial charge in [0.2, 0.25) is 0 Å². The summed E-state index contributed by atoms with van der Waals surface area (Å²) in [5, 5.41) is 2.99. The number of nitrogens with one attached hydrogen (secondary N) is 1. The summed E-state index contributed by atoms with van der Waals surface area (Å²) in [6, 6.07) is 12.0. The number of carbonyl (C=O) groups is 1. The normalized spacial score (nSPS) is 14.9. The number of nitrogens with zero attached hydrogens (tertiary/aromatic N) is 3. The number of hydrogen-bond donors (Lipinski definition) is 1.